The molecule has 5 nitrogen and oxygen atoms in total. The maximum Gasteiger partial charge on any atom is 0.221 e. The van der Waals surface area contributed by atoms with Gasteiger partial charge in [-0.15, -0.1) is 0 Å². The maximum absolute atomic E-state index is 10.8. The molecule has 1 radical (unpaired) electrons. The second-order valence-corrected chi connectivity index (χ2v) is 4.33. The number of benzene rings is 1. The number of hydrogen-bond donors (Lipinski definition) is 2. The van der Waals surface area contributed by atoms with E-state index in [-0.39, 0.29) is 5.91 Å². The molecule has 2 N–H and O–H groups in total. The Morgan fingerprint density at radius 1 is 1.26 bits per heavy atom. The van der Waals surface area contributed by atoms with Gasteiger partial charge in [-0.05, 0) is 39.0 Å². The van der Waals surface area contributed by atoms with Crippen LogP contribution in [0.2, 0.25) is 0 Å². The normalized spacial score (nSPS) is 10.8. The van der Waals surface area contributed by atoms with E-state index in [1.54, 1.807) is 0 Å². The minimum Gasteiger partial charge on any atom is -0.383 e. The van der Waals surface area contributed by atoms with Crippen LogP contribution in [0.15, 0.2) is 24.3 Å². The molecule has 19 heavy (non-hydrogen) atoms. The van der Waals surface area contributed by atoms with Crippen LogP contribution in [-0.4, -0.2) is 18.1 Å². The van der Waals surface area contributed by atoms with Gasteiger partial charge in [-0.25, -0.2) is 5.11 Å². The van der Waals surface area contributed by atoms with Gasteiger partial charge in [0, 0.05) is 24.3 Å². The van der Waals surface area contributed by atoms with Gasteiger partial charge in [0.05, 0.1) is 6.07 Å². The summed E-state index contributed by atoms with van der Waals surface area (Å²) < 4.78 is 0. The third-order valence-electron chi connectivity index (χ3n) is 1.82. The van der Waals surface area contributed by atoms with E-state index in [9.17, 15) is 9.90 Å². The standard InChI is InChI=1S/C11H16N2O.C3H4NO/c1-8(2)12-10-5-4-6-11(7-10)13-9(3)14;1-3(5)2-4/h4-8,12H,1-3H3,(H,13,14);3H,1H3. The largest absolute Gasteiger partial charge is 0.383 e. The Morgan fingerprint density at radius 3 is 2.21 bits per heavy atom. The first-order valence-corrected chi connectivity index (χ1v) is 6.04. The van der Waals surface area contributed by atoms with Crippen LogP contribution >= 0.6 is 0 Å². The Balaban J connectivity index is 0.000000555. The first-order valence-electron chi connectivity index (χ1n) is 6.04. The van der Waals surface area contributed by atoms with Gasteiger partial charge in [0.25, 0.3) is 0 Å². The molecule has 1 aromatic rings. The minimum atomic E-state index is -1.06. The fourth-order valence-corrected chi connectivity index (χ4v) is 1.22. The van der Waals surface area contributed by atoms with Crippen LogP contribution in [0.25, 0.3) is 0 Å². The Hall–Kier alpha value is -2.06. The first kappa shape index (κ1) is 16.9. The van der Waals surface area contributed by atoms with Crippen molar-refractivity contribution in [1.82, 2.24) is 0 Å². The average molecular weight is 262 g/mol. The highest BCUT2D eigenvalue weighted by molar-refractivity contribution is 5.89. The van der Waals surface area contributed by atoms with Crippen molar-refractivity contribution in [1.29, 1.82) is 5.26 Å². The Bertz CT molecular complexity index is 437. The van der Waals surface area contributed by atoms with Crippen LogP contribution in [0.5, 0.6) is 0 Å². The van der Waals surface area contributed by atoms with Crippen molar-refractivity contribution in [2.24, 2.45) is 0 Å². The van der Waals surface area contributed by atoms with Crippen molar-refractivity contribution in [2.45, 2.75) is 39.8 Å². The minimum absolute atomic E-state index is 0.0494. The summed E-state index contributed by atoms with van der Waals surface area (Å²) >= 11 is 0. The zero-order valence-electron chi connectivity index (χ0n) is 11.7. The predicted octanol–water partition coefficient (Wildman–Crippen LogP) is 2.79. The van der Waals surface area contributed by atoms with Crippen LogP contribution in [0.4, 0.5) is 11.4 Å². The number of nitriles is 1. The molecule has 0 fully saturated rings. The van der Waals surface area contributed by atoms with E-state index in [0.29, 0.717) is 6.04 Å². The Kier molecular flexibility index (Phi) is 7.98. The van der Waals surface area contributed by atoms with E-state index in [2.05, 4.69) is 24.5 Å². The fraction of sp³-hybridized carbons (Fsp3) is 0.429. The number of carbonyl (C=O) groups is 1. The summed E-state index contributed by atoms with van der Waals surface area (Å²) in [4.78, 5) is 10.8. The van der Waals surface area contributed by atoms with Crippen LogP contribution in [0.1, 0.15) is 27.7 Å². The Labute approximate surface area is 114 Å². The molecule has 0 bridgehead atoms. The number of rotatable bonds is 3. The topological polar surface area (TPSA) is 84.8 Å². The number of amides is 1. The second-order valence-electron chi connectivity index (χ2n) is 4.33. The summed E-state index contributed by atoms with van der Waals surface area (Å²) in [7, 11) is 0. The van der Waals surface area contributed by atoms with Gasteiger partial charge in [-0.3, -0.25) is 4.79 Å². The first-order chi connectivity index (χ1) is 8.85. The molecule has 0 spiro atoms. The number of hydrogen-bond acceptors (Lipinski definition) is 3. The van der Waals surface area contributed by atoms with Gasteiger partial charge >= 0.3 is 0 Å². The lowest BCUT2D eigenvalue weighted by atomic mass is 10.2. The molecule has 1 rings (SSSR count). The predicted molar refractivity (Wildman–Crippen MR) is 75.3 cm³/mol. The number of nitrogens with one attached hydrogen (secondary N) is 2. The molecule has 0 aliphatic heterocycles. The van der Waals surface area contributed by atoms with Gasteiger partial charge in [0.15, 0.2) is 6.10 Å². The van der Waals surface area contributed by atoms with Crippen molar-refractivity contribution >= 4 is 17.3 Å². The van der Waals surface area contributed by atoms with E-state index in [0.717, 1.165) is 11.4 Å². The molecule has 1 unspecified atom stereocenters. The summed E-state index contributed by atoms with van der Waals surface area (Å²) in [5.41, 5.74) is 1.84. The molecule has 103 valence electrons. The van der Waals surface area contributed by atoms with Crippen molar-refractivity contribution in [3.8, 4) is 6.07 Å². The van der Waals surface area contributed by atoms with Crippen LogP contribution in [-0.2, 0) is 9.90 Å². The molecule has 0 saturated heterocycles. The molecule has 0 aromatic heterocycles. The van der Waals surface area contributed by atoms with E-state index in [1.165, 1.54) is 19.9 Å². The monoisotopic (exact) mass is 262 g/mol. The summed E-state index contributed by atoms with van der Waals surface area (Å²) in [5, 5.41) is 23.1. The second kappa shape index (κ2) is 8.95. The summed E-state index contributed by atoms with van der Waals surface area (Å²) in [5.74, 6) is -0.0494. The quantitative estimate of drug-likeness (QED) is 0.878. The lowest BCUT2D eigenvalue weighted by Gasteiger charge is -2.11. The fourth-order valence-electron chi connectivity index (χ4n) is 1.22. The summed E-state index contributed by atoms with van der Waals surface area (Å²) in [6, 6.07) is 9.54. The molecular formula is C14H20N3O2. The highest BCUT2D eigenvalue weighted by atomic mass is 16.3. The maximum atomic E-state index is 10.8. The average Bonchev–Trinajstić information content (AvgIpc) is 2.28. The zero-order valence-corrected chi connectivity index (χ0v) is 11.7. The molecule has 0 aliphatic rings. The van der Waals surface area contributed by atoms with Gasteiger partial charge in [-0.1, -0.05) is 6.07 Å². The molecule has 1 atom stereocenters. The van der Waals surface area contributed by atoms with Gasteiger partial charge in [0.1, 0.15) is 0 Å². The van der Waals surface area contributed by atoms with E-state index >= 15 is 0 Å². The molecular weight excluding hydrogens is 242 g/mol. The van der Waals surface area contributed by atoms with Crippen LogP contribution in [0, 0.1) is 11.3 Å². The summed E-state index contributed by atoms with van der Waals surface area (Å²) in [6.07, 6.45) is -1.06. The van der Waals surface area contributed by atoms with Crippen LogP contribution in [0.3, 0.4) is 0 Å². The number of anilines is 2. The van der Waals surface area contributed by atoms with E-state index in [1.807, 2.05) is 24.3 Å². The van der Waals surface area contributed by atoms with Gasteiger partial charge in [0.2, 0.25) is 5.91 Å². The lowest BCUT2D eigenvalue weighted by molar-refractivity contribution is -0.114. The van der Waals surface area contributed by atoms with Gasteiger partial charge in [-0.2, -0.15) is 5.26 Å². The third kappa shape index (κ3) is 9.62. The molecule has 0 saturated carbocycles. The van der Waals surface area contributed by atoms with Crippen LogP contribution < -0.4 is 10.6 Å². The smallest absolute Gasteiger partial charge is 0.221 e. The molecule has 0 heterocycles. The molecule has 0 aliphatic carbocycles. The van der Waals surface area contributed by atoms with E-state index < -0.39 is 6.10 Å². The number of carbonyl (C=O) groups excluding carboxylic acids is 1. The van der Waals surface area contributed by atoms with Crippen molar-refractivity contribution in [2.75, 3.05) is 10.6 Å². The van der Waals surface area contributed by atoms with Crippen molar-refractivity contribution in [3.05, 3.63) is 24.3 Å². The third-order valence-corrected chi connectivity index (χ3v) is 1.82. The lowest BCUT2D eigenvalue weighted by Crippen LogP contribution is -2.10. The highest BCUT2D eigenvalue weighted by Crippen LogP contribution is 2.15. The zero-order chi connectivity index (χ0) is 14.8. The summed E-state index contributed by atoms with van der Waals surface area (Å²) in [6.45, 7) is 6.96. The Morgan fingerprint density at radius 2 is 1.79 bits per heavy atom. The van der Waals surface area contributed by atoms with Crippen molar-refractivity contribution in [3.63, 3.8) is 0 Å². The van der Waals surface area contributed by atoms with Crippen molar-refractivity contribution < 1.29 is 9.90 Å². The molecule has 1 amide bonds. The highest BCUT2D eigenvalue weighted by Gasteiger charge is 1.98. The van der Waals surface area contributed by atoms with E-state index in [4.69, 9.17) is 5.26 Å². The number of nitrogens with zero attached hydrogens (tertiary/aromatic N) is 1. The van der Waals surface area contributed by atoms with Gasteiger partial charge < -0.3 is 10.6 Å². The molecule has 5 heteroatoms. The molecule has 1 aromatic carbocycles. The SMILES string of the molecule is CC(=O)Nc1cccc(NC(C)C)c1.CC([O])C#N.